The molecular weight excluding hydrogens is 448 g/mol. The summed E-state index contributed by atoms with van der Waals surface area (Å²) in [6.45, 7) is 3.52. The summed E-state index contributed by atoms with van der Waals surface area (Å²) in [6.07, 6.45) is 5.47. The van der Waals surface area contributed by atoms with Gasteiger partial charge in [-0.3, -0.25) is 9.59 Å². The zero-order valence-electron chi connectivity index (χ0n) is 19.8. The van der Waals surface area contributed by atoms with Crippen molar-refractivity contribution < 1.29 is 19.1 Å². The highest BCUT2D eigenvalue weighted by Crippen LogP contribution is 2.27. The lowest BCUT2D eigenvalue weighted by atomic mass is 10.1. The first-order chi connectivity index (χ1) is 16.6. The maximum Gasteiger partial charge on any atom is 0.338 e. The van der Waals surface area contributed by atoms with Crippen molar-refractivity contribution in [2.75, 3.05) is 26.2 Å². The highest BCUT2D eigenvalue weighted by Gasteiger charge is 2.37. The van der Waals surface area contributed by atoms with Crippen molar-refractivity contribution in [2.24, 2.45) is 0 Å². The first-order valence-corrected chi connectivity index (χ1v) is 13.1. The van der Waals surface area contributed by atoms with Crippen molar-refractivity contribution in [3.63, 3.8) is 0 Å². The Labute approximate surface area is 206 Å². The number of thioether (sulfide) groups is 1. The number of rotatable bonds is 14. The van der Waals surface area contributed by atoms with Crippen LogP contribution in [0, 0.1) is 0 Å². The number of β-lactam (4-membered cyclic amide) rings is 1. The molecule has 1 saturated heterocycles. The van der Waals surface area contributed by atoms with E-state index >= 15 is 0 Å². The number of unbranched alkanes of at least 4 members (excludes halogenated alkanes) is 3. The number of aryl methyl sites for hydroxylation is 1. The second-order valence-electron chi connectivity index (χ2n) is 8.44. The van der Waals surface area contributed by atoms with Gasteiger partial charge in [0.1, 0.15) is 5.25 Å². The minimum Gasteiger partial charge on any atom is -0.462 e. The number of benzene rings is 2. The van der Waals surface area contributed by atoms with E-state index in [0.717, 1.165) is 37.7 Å². The van der Waals surface area contributed by atoms with Crippen LogP contribution in [0.25, 0.3) is 0 Å². The van der Waals surface area contributed by atoms with Crippen LogP contribution < -0.4 is 5.32 Å². The summed E-state index contributed by atoms with van der Waals surface area (Å²) < 4.78 is 4.98. The zero-order chi connectivity index (χ0) is 24.2. The van der Waals surface area contributed by atoms with E-state index in [2.05, 4.69) is 29.6 Å². The predicted molar refractivity (Wildman–Crippen MR) is 136 cm³/mol. The first-order valence-electron chi connectivity index (χ1n) is 12.0. The van der Waals surface area contributed by atoms with Gasteiger partial charge in [0.2, 0.25) is 11.8 Å². The van der Waals surface area contributed by atoms with E-state index < -0.39 is 0 Å². The van der Waals surface area contributed by atoms with Crippen molar-refractivity contribution in [3.8, 4) is 0 Å². The fraction of sp³-hybridized carbons (Fsp3) is 0.444. The van der Waals surface area contributed by atoms with E-state index in [9.17, 15) is 14.4 Å². The van der Waals surface area contributed by atoms with E-state index in [4.69, 9.17) is 4.74 Å². The number of esters is 1. The molecule has 1 aliphatic rings. The summed E-state index contributed by atoms with van der Waals surface area (Å²) in [5.74, 6) is 0.289. The Kier molecular flexibility index (Phi) is 10.5. The summed E-state index contributed by atoms with van der Waals surface area (Å²) in [5, 5.41) is 2.82. The largest absolute Gasteiger partial charge is 0.462 e. The van der Waals surface area contributed by atoms with Gasteiger partial charge in [0.15, 0.2) is 0 Å². The van der Waals surface area contributed by atoms with Gasteiger partial charge >= 0.3 is 5.97 Å². The second-order valence-corrected chi connectivity index (χ2v) is 9.63. The van der Waals surface area contributed by atoms with Gasteiger partial charge in [0.05, 0.1) is 18.7 Å². The van der Waals surface area contributed by atoms with Crippen LogP contribution in [-0.4, -0.2) is 54.2 Å². The average Bonchev–Trinajstić information content (AvgIpc) is 2.86. The zero-order valence-corrected chi connectivity index (χ0v) is 20.6. The molecule has 1 fully saturated rings. The Morgan fingerprint density at radius 2 is 1.74 bits per heavy atom. The fourth-order valence-electron chi connectivity index (χ4n) is 3.78. The number of nitrogens with zero attached hydrogens (tertiary/aromatic N) is 1. The average molecular weight is 483 g/mol. The van der Waals surface area contributed by atoms with Crippen LogP contribution in [-0.2, 0) is 26.5 Å². The quantitative estimate of drug-likeness (QED) is 0.248. The smallest absolute Gasteiger partial charge is 0.338 e. The van der Waals surface area contributed by atoms with Crippen LogP contribution in [0.1, 0.15) is 54.1 Å². The molecule has 6 nitrogen and oxygen atoms in total. The normalized spacial score (nSPS) is 15.0. The van der Waals surface area contributed by atoms with E-state index in [1.54, 1.807) is 35.7 Å². The third-order valence-corrected chi connectivity index (χ3v) is 7.03. The molecule has 182 valence electrons. The van der Waals surface area contributed by atoms with Crippen LogP contribution >= 0.6 is 11.8 Å². The van der Waals surface area contributed by atoms with Crippen molar-refractivity contribution in [2.45, 2.75) is 50.0 Å². The molecule has 1 unspecified atom stereocenters. The summed E-state index contributed by atoms with van der Waals surface area (Å²) in [6, 6.07) is 17.8. The van der Waals surface area contributed by atoms with Crippen LogP contribution in [0.4, 0.5) is 0 Å². The molecule has 2 aromatic rings. The van der Waals surface area contributed by atoms with Crippen molar-refractivity contribution in [1.29, 1.82) is 0 Å². The summed E-state index contributed by atoms with van der Waals surface area (Å²) in [4.78, 5) is 37.8. The number of nitrogens with one attached hydrogen (secondary N) is 1. The van der Waals surface area contributed by atoms with E-state index in [-0.39, 0.29) is 29.6 Å². The molecule has 1 aliphatic heterocycles. The highest BCUT2D eigenvalue weighted by atomic mass is 32.2. The molecule has 34 heavy (non-hydrogen) atoms. The van der Waals surface area contributed by atoms with E-state index in [1.807, 2.05) is 18.2 Å². The standard InChI is InChI=1S/C27H34N2O4S/c1-2-33-27(32)23-15-13-22(14-16-23)20-34-24-18-29(26(24)31)19-25(30)28-17-9-4-3-6-10-21-11-7-5-8-12-21/h5,7-8,11-16,24H,2-4,6,9-10,17-20H2,1H3,(H,28,30). The lowest BCUT2D eigenvalue weighted by Gasteiger charge is -2.37. The van der Waals surface area contributed by atoms with Gasteiger partial charge < -0.3 is 15.0 Å². The Balaban J connectivity index is 1.23. The molecule has 0 aromatic heterocycles. The van der Waals surface area contributed by atoms with E-state index in [0.29, 0.717) is 31.0 Å². The maximum absolute atomic E-state index is 12.4. The molecule has 0 radical (unpaired) electrons. The minimum absolute atomic E-state index is 0.0178. The Bertz CT molecular complexity index is 933. The summed E-state index contributed by atoms with van der Waals surface area (Å²) >= 11 is 1.57. The predicted octanol–water partition coefficient (Wildman–Crippen LogP) is 4.23. The number of hydrogen-bond acceptors (Lipinski definition) is 5. The van der Waals surface area contributed by atoms with Crippen LogP contribution in [0.2, 0.25) is 0 Å². The molecular formula is C27H34N2O4S. The number of amides is 2. The van der Waals surface area contributed by atoms with Gasteiger partial charge in [-0.1, -0.05) is 55.3 Å². The highest BCUT2D eigenvalue weighted by molar-refractivity contribution is 8.00. The third-order valence-electron chi connectivity index (χ3n) is 5.78. The molecule has 1 atom stereocenters. The van der Waals surface area contributed by atoms with Gasteiger partial charge in [-0.2, -0.15) is 0 Å². The van der Waals surface area contributed by atoms with Gasteiger partial charge in [-0.15, -0.1) is 11.8 Å². The summed E-state index contributed by atoms with van der Waals surface area (Å²) in [7, 11) is 0. The topological polar surface area (TPSA) is 75.7 Å². The summed E-state index contributed by atoms with van der Waals surface area (Å²) in [5.41, 5.74) is 2.95. The van der Waals surface area contributed by atoms with Gasteiger partial charge in [-0.25, -0.2) is 4.79 Å². The van der Waals surface area contributed by atoms with Crippen molar-refractivity contribution >= 4 is 29.5 Å². The molecule has 7 heteroatoms. The number of carbonyl (C=O) groups excluding carboxylic acids is 3. The van der Waals surface area contributed by atoms with Gasteiger partial charge in [-0.05, 0) is 49.4 Å². The molecule has 0 spiro atoms. The fourth-order valence-corrected chi connectivity index (χ4v) is 4.95. The molecule has 2 aromatic carbocycles. The lowest BCUT2D eigenvalue weighted by Crippen LogP contribution is -2.57. The molecule has 3 rings (SSSR count). The Morgan fingerprint density at radius 3 is 2.44 bits per heavy atom. The number of hydrogen-bond donors (Lipinski definition) is 1. The number of ether oxygens (including phenoxy) is 1. The SMILES string of the molecule is CCOC(=O)c1ccc(CSC2CN(CC(=O)NCCCCCCc3ccccc3)C2=O)cc1. The first kappa shape index (κ1) is 25.8. The van der Waals surface area contributed by atoms with Crippen LogP contribution in [0.3, 0.4) is 0 Å². The molecule has 0 saturated carbocycles. The monoisotopic (exact) mass is 482 g/mol. The molecule has 1 N–H and O–H groups in total. The van der Waals surface area contributed by atoms with Crippen molar-refractivity contribution in [3.05, 3.63) is 71.3 Å². The molecule has 0 bridgehead atoms. The van der Waals surface area contributed by atoms with Crippen LogP contribution in [0.5, 0.6) is 0 Å². The Morgan fingerprint density at radius 1 is 1.00 bits per heavy atom. The van der Waals surface area contributed by atoms with Gasteiger partial charge in [0.25, 0.3) is 0 Å². The number of carbonyl (C=O) groups is 3. The van der Waals surface area contributed by atoms with Crippen molar-refractivity contribution in [1.82, 2.24) is 10.2 Å². The molecule has 2 amide bonds. The van der Waals surface area contributed by atoms with E-state index in [1.165, 1.54) is 5.56 Å². The second kappa shape index (κ2) is 13.8. The molecule has 0 aliphatic carbocycles. The maximum atomic E-state index is 12.4. The van der Waals surface area contributed by atoms with Gasteiger partial charge in [0, 0.05) is 18.8 Å². The number of likely N-dealkylation sites (tertiary alicyclic amines) is 1. The van der Waals surface area contributed by atoms with Crippen LogP contribution in [0.15, 0.2) is 54.6 Å². The minimum atomic E-state index is -0.326. The third kappa shape index (κ3) is 8.20. The lowest BCUT2D eigenvalue weighted by molar-refractivity contribution is -0.142. The molecule has 1 heterocycles. The Hall–Kier alpha value is -2.80.